The Labute approximate surface area is 179 Å². The number of aryl methyl sites for hydroxylation is 1. The molecule has 7 nitrogen and oxygen atoms in total. The Kier molecular flexibility index (Phi) is 7.19. The fourth-order valence-corrected chi connectivity index (χ4v) is 3.66. The van der Waals surface area contributed by atoms with Crippen molar-refractivity contribution < 1.29 is 18.0 Å². The number of benzene rings is 1. The van der Waals surface area contributed by atoms with Gasteiger partial charge >= 0.3 is 6.18 Å². The molecule has 1 unspecified atom stereocenters. The molecule has 0 spiro atoms. The van der Waals surface area contributed by atoms with Gasteiger partial charge in [0.05, 0.1) is 0 Å². The Balaban J connectivity index is 1.46. The van der Waals surface area contributed by atoms with Crippen molar-refractivity contribution in [2.75, 3.05) is 26.7 Å². The van der Waals surface area contributed by atoms with E-state index in [0.29, 0.717) is 32.0 Å². The van der Waals surface area contributed by atoms with Gasteiger partial charge in [0.25, 0.3) is 0 Å². The smallest absolute Gasteiger partial charge is 0.356 e. The van der Waals surface area contributed by atoms with Gasteiger partial charge in [-0.25, -0.2) is 0 Å². The van der Waals surface area contributed by atoms with Gasteiger partial charge in [-0.1, -0.05) is 30.3 Å². The third kappa shape index (κ3) is 6.22. The average molecular weight is 436 g/mol. The normalized spacial score (nSPS) is 17.3. The number of rotatable bonds is 7. The molecule has 0 aliphatic carbocycles. The number of amides is 1. The molecule has 1 amide bonds. The first kappa shape index (κ1) is 22.6. The minimum atomic E-state index is -4.51. The second-order valence-corrected chi connectivity index (χ2v) is 7.63. The lowest BCUT2D eigenvalue weighted by atomic mass is 10.1. The van der Waals surface area contributed by atoms with E-state index < -0.39 is 11.9 Å². The van der Waals surface area contributed by atoms with Crippen LogP contribution in [0.25, 0.3) is 0 Å². The molecule has 0 bridgehead atoms. The monoisotopic (exact) mass is 436 g/mol. The zero-order valence-corrected chi connectivity index (χ0v) is 17.6. The zero-order valence-electron chi connectivity index (χ0n) is 17.6. The molecule has 1 aliphatic rings. The number of hydrogen-bond acceptors (Lipinski definition) is 3. The number of likely N-dealkylation sites (tertiary alicyclic amines) is 1. The molecule has 2 heterocycles. The molecule has 1 saturated heterocycles. The van der Waals surface area contributed by atoms with Gasteiger partial charge in [0.2, 0.25) is 5.91 Å². The number of guanidine groups is 1. The Morgan fingerprint density at radius 3 is 2.68 bits per heavy atom. The first-order valence-corrected chi connectivity index (χ1v) is 10.1. The van der Waals surface area contributed by atoms with Gasteiger partial charge in [-0.05, 0) is 12.0 Å². The summed E-state index contributed by atoms with van der Waals surface area (Å²) in [6, 6.07) is 10.0. The predicted molar refractivity (Wildman–Crippen MR) is 111 cm³/mol. The summed E-state index contributed by atoms with van der Waals surface area (Å²) < 4.78 is 40.4. The van der Waals surface area contributed by atoms with Crippen LogP contribution in [0.4, 0.5) is 13.2 Å². The summed E-state index contributed by atoms with van der Waals surface area (Å²) in [5.74, 6) is 0.619. The van der Waals surface area contributed by atoms with E-state index in [-0.39, 0.29) is 23.9 Å². The number of alkyl halides is 3. The molecule has 168 valence electrons. The van der Waals surface area contributed by atoms with Crippen LogP contribution < -0.4 is 10.6 Å². The maximum atomic E-state index is 13.1. The fraction of sp³-hybridized carbons (Fsp3) is 0.476. The molecule has 1 fully saturated rings. The quantitative estimate of drug-likeness (QED) is 0.516. The number of hydrogen-bond donors (Lipinski definition) is 2. The van der Waals surface area contributed by atoms with Crippen molar-refractivity contribution in [3.05, 3.63) is 53.3 Å². The van der Waals surface area contributed by atoms with Crippen LogP contribution in [0, 0.1) is 5.92 Å². The highest BCUT2D eigenvalue weighted by atomic mass is 19.4. The highest BCUT2D eigenvalue weighted by molar-refractivity contribution is 5.80. The highest BCUT2D eigenvalue weighted by Gasteiger charge is 2.36. The van der Waals surface area contributed by atoms with Crippen molar-refractivity contribution in [2.45, 2.75) is 25.6 Å². The maximum Gasteiger partial charge on any atom is 0.435 e. The number of nitrogens with zero attached hydrogens (tertiary/aromatic N) is 4. The summed E-state index contributed by atoms with van der Waals surface area (Å²) in [5, 5.41) is 9.50. The van der Waals surface area contributed by atoms with Crippen molar-refractivity contribution in [1.29, 1.82) is 0 Å². The summed E-state index contributed by atoms with van der Waals surface area (Å²) >= 11 is 0. The molecule has 1 aliphatic heterocycles. The Bertz CT molecular complexity index is 910. The molecule has 2 N–H and O–H groups in total. The fourth-order valence-electron chi connectivity index (χ4n) is 3.66. The molecule has 2 aromatic rings. The van der Waals surface area contributed by atoms with E-state index >= 15 is 0 Å². The lowest BCUT2D eigenvalue weighted by molar-refractivity contribution is -0.142. The number of carbonyl (C=O) groups excluding carboxylic acids is 1. The first-order valence-electron chi connectivity index (χ1n) is 10.1. The Morgan fingerprint density at radius 1 is 1.26 bits per heavy atom. The standard InChI is InChI=1S/C21H27F3N6O/c1-25-20(27-12-17-14-29(2)28-19(17)21(22,23)24)26-11-16-10-18(31)30(13-16)9-8-15-6-4-3-5-7-15/h3-7,14,16H,8-13H2,1-2H3,(H2,25,26,27). The molecule has 31 heavy (non-hydrogen) atoms. The molecule has 0 radical (unpaired) electrons. The number of nitrogens with one attached hydrogen (secondary N) is 2. The lowest BCUT2D eigenvalue weighted by Gasteiger charge is -2.18. The summed E-state index contributed by atoms with van der Waals surface area (Å²) in [6.45, 7) is 1.77. The average Bonchev–Trinajstić information content (AvgIpc) is 3.29. The van der Waals surface area contributed by atoms with Crippen LogP contribution in [0.3, 0.4) is 0 Å². The number of carbonyl (C=O) groups is 1. The summed E-state index contributed by atoms with van der Waals surface area (Å²) in [7, 11) is 3.00. The molecule has 1 aromatic heterocycles. The van der Waals surface area contributed by atoms with E-state index in [0.717, 1.165) is 11.1 Å². The minimum Gasteiger partial charge on any atom is -0.356 e. The van der Waals surface area contributed by atoms with E-state index in [4.69, 9.17) is 0 Å². The first-order chi connectivity index (χ1) is 14.8. The molecular formula is C21H27F3N6O. The van der Waals surface area contributed by atoms with E-state index in [1.165, 1.54) is 18.8 Å². The summed E-state index contributed by atoms with van der Waals surface area (Å²) in [4.78, 5) is 18.2. The predicted octanol–water partition coefficient (Wildman–Crippen LogP) is 2.20. The van der Waals surface area contributed by atoms with Crippen molar-refractivity contribution >= 4 is 11.9 Å². The second kappa shape index (κ2) is 9.84. The molecule has 1 atom stereocenters. The summed E-state index contributed by atoms with van der Waals surface area (Å²) in [5.41, 5.74) is 0.324. The summed E-state index contributed by atoms with van der Waals surface area (Å²) in [6.07, 6.45) is -1.92. The number of aromatic nitrogens is 2. The zero-order chi connectivity index (χ0) is 22.4. The number of aliphatic imine (C=N–C) groups is 1. The Morgan fingerprint density at radius 2 is 2.00 bits per heavy atom. The molecular weight excluding hydrogens is 409 g/mol. The van der Waals surface area contributed by atoms with Gasteiger partial charge in [-0.3, -0.25) is 14.5 Å². The van der Waals surface area contributed by atoms with E-state index in [1.54, 1.807) is 7.05 Å². The molecule has 1 aromatic carbocycles. The lowest BCUT2D eigenvalue weighted by Crippen LogP contribution is -2.40. The van der Waals surface area contributed by atoms with Gasteiger partial charge in [-0.15, -0.1) is 0 Å². The van der Waals surface area contributed by atoms with E-state index in [9.17, 15) is 18.0 Å². The maximum absolute atomic E-state index is 13.1. The van der Waals surface area contributed by atoms with Crippen molar-refractivity contribution in [3.63, 3.8) is 0 Å². The number of halogens is 3. The van der Waals surface area contributed by atoms with Crippen LogP contribution >= 0.6 is 0 Å². The minimum absolute atomic E-state index is 0.0427. The third-order valence-corrected chi connectivity index (χ3v) is 5.21. The van der Waals surface area contributed by atoms with Crippen molar-refractivity contribution in [2.24, 2.45) is 18.0 Å². The third-order valence-electron chi connectivity index (χ3n) is 5.21. The van der Waals surface area contributed by atoms with Gasteiger partial charge in [0, 0.05) is 64.4 Å². The molecule has 10 heteroatoms. The van der Waals surface area contributed by atoms with Gasteiger partial charge in [0.15, 0.2) is 11.7 Å². The molecule has 0 saturated carbocycles. The van der Waals surface area contributed by atoms with Gasteiger partial charge in [-0.2, -0.15) is 18.3 Å². The van der Waals surface area contributed by atoms with E-state index in [2.05, 4.69) is 20.7 Å². The van der Waals surface area contributed by atoms with Crippen molar-refractivity contribution in [3.8, 4) is 0 Å². The van der Waals surface area contributed by atoms with Gasteiger partial charge < -0.3 is 15.5 Å². The van der Waals surface area contributed by atoms with Crippen LogP contribution in [-0.4, -0.2) is 53.2 Å². The van der Waals surface area contributed by atoms with Crippen LogP contribution in [0.2, 0.25) is 0 Å². The van der Waals surface area contributed by atoms with Crippen LogP contribution in [0.1, 0.15) is 23.2 Å². The van der Waals surface area contributed by atoms with Crippen LogP contribution in [0.15, 0.2) is 41.5 Å². The largest absolute Gasteiger partial charge is 0.435 e. The SMILES string of the molecule is CN=C(NCc1cn(C)nc1C(F)(F)F)NCC1CC(=O)N(CCc2ccccc2)C1. The molecule has 3 rings (SSSR count). The van der Waals surface area contributed by atoms with Crippen molar-refractivity contribution in [1.82, 2.24) is 25.3 Å². The Hall–Kier alpha value is -3.04. The topological polar surface area (TPSA) is 74.5 Å². The van der Waals surface area contributed by atoms with Crippen LogP contribution in [-0.2, 0) is 31.0 Å². The van der Waals surface area contributed by atoms with Crippen LogP contribution in [0.5, 0.6) is 0 Å². The highest BCUT2D eigenvalue weighted by Crippen LogP contribution is 2.30. The van der Waals surface area contributed by atoms with E-state index in [1.807, 2.05) is 35.2 Å². The second-order valence-electron chi connectivity index (χ2n) is 7.63. The van der Waals surface area contributed by atoms with Gasteiger partial charge in [0.1, 0.15) is 0 Å².